The number of ether oxygens (including phenoxy) is 1. The molecule has 15 heavy (non-hydrogen) atoms. The molecule has 5 nitrogen and oxygen atoms in total. The summed E-state index contributed by atoms with van der Waals surface area (Å²) >= 11 is 0. The Morgan fingerprint density at radius 1 is 1.53 bits per heavy atom. The summed E-state index contributed by atoms with van der Waals surface area (Å²) in [4.78, 5) is 23.5. The van der Waals surface area contributed by atoms with Crippen molar-refractivity contribution in [3.63, 3.8) is 0 Å². The van der Waals surface area contributed by atoms with E-state index in [1.54, 1.807) is 27.7 Å². The lowest BCUT2D eigenvalue weighted by Gasteiger charge is -2.25. The maximum absolute atomic E-state index is 11.5. The van der Waals surface area contributed by atoms with Gasteiger partial charge in [-0.1, -0.05) is 0 Å². The highest BCUT2D eigenvalue weighted by molar-refractivity contribution is 6.02. The molecule has 0 radical (unpaired) electrons. The van der Waals surface area contributed by atoms with Gasteiger partial charge in [0.2, 0.25) is 0 Å². The largest absolute Gasteiger partial charge is 0.443 e. The van der Waals surface area contributed by atoms with Gasteiger partial charge in [0.15, 0.2) is 6.23 Å². The molecule has 1 rings (SSSR count). The maximum atomic E-state index is 11.5. The zero-order chi connectivity index (χ0) is 11.8. The third-order valence-corrected chi connectivity index (χ3v) is 1.83. The number of nitrogens with zero attached hydrogens (tertiary/aromatic N) is 1. The van der Waals surface area contributed by atoms with Crippen molar-refractivity contribution < 1.29 is 19.4 Å². The Balaban J connectivity index is 2.75. The molecule has 84 valence electrons. The van der Waals surface area contributed by atoms with Gasteiger partial charge in [-0.3, -0.25) is 4.79 Å². The fraction of sp³-hybridized carbons (Fsp3) is 0.600. The molecule has 0 aliphatic carbocycles. The minimum Gasteiger partial charge on any atom is -0.443 e. The summed E-state index contributed by atoms with van der Waals surface area (Å²) in [6.45, 7) is 6.65. The van der Waals surface area contributed by atoms with Crippen LogP contribution in [0.15, 0.2) is 11.6 Å². The van der Waals surface area contributed by atoms with Crippen molar-refractivity contribution in [1.29, 1.82) is 0 Å². The van der Waals surface area contributed by atoms with Gasteiger partial charge >= 0.3 is 6.09 Å². The average Bonchev–Trinajstić information content (AvgIpc) is 2.22. The molecule has 5 heteroatoms. The summed E-state index contributed by atoms with van der Waals surface area (Å²) in [5, 5.41) is 9.53. The van der Waals surface area contributed by atoms with Gasteiger partial charge in [0.25, 0.3) is 5.91 Å². The minimum atomic E-state index is -1.20. The highest BCUT2D eigenvalue weighted by atomic mass is 16.6. The molecule has 1 aliphatic rings. The smallest absolute Gasteiger partial charge is 0.419 e. The summed E-state index contributed by atoms with van der Waals surface area (Å²) in [6, 6.07) is 0. The Bertz CT molecular complexity index is 327. The first-order valence-electron chi connectivity index (χ1n) is 4.65. The normalized spacial score (nSPS) is 21.7. The van der Waals surface area contributed by atoms with Gasteiger partial charge in [0.1, 0.15) is 5.60 Å². The number of imide groups is 1. The van der Waals surface area contributed by atoms with E-state index in [4.69, 9.17) is 4.74 Å². The number of rotatable bonds is 0. The summed E-state index contributed by atoms with van der Waals surface area (Å²) in [6.07, 6.45) is -0.811. The lowest BCUT2D eigenvalue weighted by Crippen LogP contribution is -2.43. The topological polar surface area (TPSA) is 66.8 Å². The van der Waals surface area contributed by atoms with Gasteiger partial charge in [-0.25, -0.2) is 9.69 Å². The van der Waals surface area contributed by atoms with E-state index in [2.05, 4.69) is 0 Å². The number of carbonyl (C=O) groups excluding carboxylic acids is 2. The first kappa shape index (κ1) is 11.7. The molecule has 1 N–H and O–H groups in total. The molecule has 1 heterocycles. The molecule has 1 aliphatic heterocycles. The number of aliphatic hydroxyl groups is 1. The number of hydrogen-bond donors (Lipinski definition) is 1. The molecular weight excluding hydrogens is 198 g/mol. The van der Waals surface area contributed by atoms with E-state index >= 15 is 0 Å². The van der Waals surface area contributed by atoms with E-state index in [1.165, 1.54) is 6.08 Å². The molecule has 2 amide bonds. The van der Waals surface area contributed by atoms with Crippen molar-refractivity contribution in [3.05, 3.63) is 11.6 Å². The van der Waals surface area contributed by atoms with E-state index < -0.39 is 23.8 Å². The molecule has 0 aromatic carbocycles. The summed E-state index contributed by atoms with van der Waals surface area (Å²) in [5.41, 5.74) is -0.251. The quantitative estimate of drug-likeness (QED) is 0.652. The zero-order valence-electron chi connectivity index (χ0n) is 9.27. The molecule has 0 aromatic rings. The van der Waals surface area contributed by atoms with Crippen LogP contribution in [-0.4, -0.2) is 33.8 Å². The van der Waals surface area contributed by atoms with Gasteiger partial charge in [0, 0.05) is 6.08 Å². The second kappa shape index (κ2) is 3.66. The molecule has 0 saturated carbocycles. The van der Waals surface area contributed by atoms with Crippen LogP contribution in [0.1, 0.15) is 27.7 Å². The lowest BCUT2D eigenvalue weighted by molar-refractivity contribution is -0.129. The van der Waals surface area contributed by atoms with Crippen molar-refractivity contribution in [2.45, 2.75) is 39.5 Å². The summed E-state index contributed by atoms with van der Waals surface area (Å²) < 4.78 is 4.98. The molecule has 0 spiro atoms. The summed E-state index contributed by atoms with van der Waals surface area (Å²) in [7, 11) is 0. The van der Waals surface area contributed by atoms with Crippen LogP contribution in [0.5, 0.6) is 0 Å². The van der Waals surface area contributed by atoms with Crippen LogP contribution in [-0.2, 0) is 9.53 Å². The van der Waals surface area contributed by atoms with Crippen LogP contribution in [0.4, 0.5) is 4.79 Å². The Morgan fingerprint density at radius 3 is 2.40 bits per heavy atom. The van der Waals surface area contributed by atoms with E-state index in [-0.39, 0.29) is 0 Å². The second-order valence-corrected chi connectivity index (χ2v) is 4.45. The standard InChI is InChI=1S/C10H15NO4/c1-6-5-7(12)11(8(6)13)9(14)15-10(2,3)4/h5,8,13H,1-4H3. The highest BCUT2D eigenvalue weighted by Gasteiger charge is 2.36. The van der Waals surface area contributed by atoms with Crippen LogP contribution in [0.2, 0.25) is 0 Å². The van der Waals surface area contributed by atoms with Crippen molar-refractivity contribution in [2.75, 3.05) is 0 Å². The highest BCUT2D eigenvalue weighted by Crippen LogP contribution is 2.20. The van der Waals surface area contributed by atoms with Gasteiger partial charge in [-0.2, -0.15) is 0 Å². The van der Waals surface area contributed by atoms with Gasteiger partial charge < -0.3 is 9.84 Å². The van der Waals surface area contributed by atoms with E-state index in [0.29, 0.717) is 10.5 Å². The van der Waals surface area contributed by atoms with E-state index in [9.17, 15) is 14.7 Å². The van der Waals surface area contributed by atoms with Crippen LogP contribution in [0, 0.1) is 0 Å². The summed E-state index contributed by atoms with van der Waals surface area (Å²) in [5.74, 6) is -0.547. The Morgan fingerprint density at radius 2 is 2.07 bits per heavy atom. The second-order valence-electron chi connectivity index (χ2n) is 4.45. The number of hydrogen-bond acceptors (Lipinski definition) is 4. The van der Waals surface area contributed by atoms with E-state index in [1.807, 2.05) is 0 Å². The predicted molar refractivity (Wildman–Crippen MR) is 52.8 cm³/mol. The zero-order valence-corrected chi connectivity index (χ0v) is 9.27. The van der Waals surface area contributed by atoms with Crippen molar-refractivity contribution in [1.82, 2.24) is 4.90 Å². The number of carbonyl (C=O) groups is 2. The minimum absolute atomic E-state index is 0.436. The molecule has 1 atom stereocenters. The Kier molecular flexibility index (Phi) is 2.86. The van der Waals surface area contributed by atoms with Crippen LogP contribution in [0.3, 0.4) is 0 Å². The Hall–Kier alpha value is -1.36. The molecule has 0 saturated heterocycles. The number of amides is 2. The van der Waals surface area contributed by atoms with Gasteiger partial charge in [-0.05, 0) is 33.3 Å². The number of aliphatic hydroxyl groups excluding tert-OH is 1. The Labute approximate surface area is 88.3 Å². The van der Waals surface area contributed by atoms with Crippen molar-refractivity contribution in [3.8, 4) is 0 Å². The fourth-order valence-electron chi connectivity index (χ4n) is 1.16. The van der Waals surface area contributed by atoms with Crippen molar-refractivity contribution >= 4 is 12.0 Å². The molecule has 1 unspecified atom stereocenters. The predicted octanol–water partition coefficient (Wildman–Crippen LogP) is 1.03. The molecule has 0 bridgehead atoms. The average molecular weight is 213 g/mol. The maximum Gasteiger partial charge on any atom is 0.419 e. The van der Waals surface area contributed by atoms with Gasteiger partial charge in [-0.15, -0.1) is 0 Å². The first-order valence-corrected chi connectivity index (χ1v) is 4.65. The SMILES string of the molecule is CC1=CC(=O)N(C(=O)OC(C)(C)C)C1O. The first-order chi connectivity index (χ1) is 6.72. The van der Waals surface area contributed by atoms with Crippen LogP contribution in [0.25, 0.3) is 0 Å². The molecule has 0 fully saturated rings. The monoisotopic (exact) mass is 213 g/mol. The van der Waals surface area contributed by atoms with Crippen LogP contribution >= 0.6 is 0 Å². The van der Waals surface area contributed by atoms with Crippen molar-refractivity contribution in [2.24, 2.45) is 0 Å². The van der Waals surface area contributed by atoms with E-state index in [0.717, 1.165) is 0 Å². The fourth-order valence-corrected chi connectivity index (χ4v) is 1.16. The molecule has 0 aromatic heterocycles. The van der Waals surface area contributed by atoms with Gasteiger partial charge in [0.05, 0.1) is 0 Å². The lowest BCUT2D eigenvalue weighted by atomic mass is 10.2. The third-order valence-electron chi connectivity index (χ3n) is 1.83. The molecular formula is C10H15NO4. The van der Waals surface area contributed by atoms with Crippen LogP contribution < -0.4 is 0 Å². The third kappa shape index (κ3) is 2.56.